The van der Waals surface area contributed by atoms with Crippen molar-refractivity contribution in [3.8, 4) is 0 Å². The fraction of sp³-hybridized carbons (Fsp3) is 0.500. The van der Waals surface area contributed by atoms with Gasteiger partial charge in [-0.25, -0.2) is 0 Å². The van der Waals surface area contributed by atoms with Crippen LogP contribution in [-0.2, 0) is 4.79 Å². The zero-order valence-electron chi connectivity index (χ0n) is 12.3. The summed E-state index contributed by atoms with van der Waals surface area (Å²) < 4.78 is 0. The molecule has 1 atom stereocenters. The van der Waals surface area contributed by atoms with Crippen LogP contribution in [0.25, 0.3) is 0 Å². The summed E-state index contributed by atoms with van der Waals surface area (Å²) in [5.74, 6) is -0.0171. The number of nitrogens with two attached hydrogens (primary N) is 1. The summed E-state index contributed by atoms with van der Waals surface area (Å²) in [7, 11) is 1.93. The molecule has 2 N–H and O–H groups in total. The number of nitro groups is 1. The highest BCUT2D eigenvalue weighted by Crippen LogP contribution is 2.29. The molecule has 1 aliphatic rings. The highest BCUT2D eigenvalue weighted by molar-refractivity contribution is 5.97. The van der Waals surface area contributed by atoms with Crippen molar-refractivity contribution >= 4 is 23.0 Å². The van der Waals surface area contributed by atoms with Crippen molar-refractivity contribution in [1.29, 1.82) is 0 Å². The van der Waals surface area contributed by atoms with Gasteiger partial charge in [-0.05, 0) is 45.5 Å². The van der Waals surface area contributed by atoms with Crippen molar-refractivity contribution in [2.75, 3.05) is 30.8 Å². The van der Waals surface area contributed by atoms with E-state index in [2.05, 4.69) is 0 Å². The molecule has 1 heterocycles. The van der Waals surface area contributed by atoms with Crippen LogP contribution in [0.1, 0.15) is 19.8 Å². The summed E-state index contributed by atoms with van der Waals surface area (Å²) >= 11 is 0. The van der Waals surface area contributed by atoms with E-state index in [4.69, 9.17) is 5.73 Å². The first kappa shape index (κ1) is 15.2. The largest absolute Gasteiger partial charge is 0.393 e. The lowest BCUT2D eigenvalue weighted by Crippen LogP contribution is -2.44. The standard InChI is InChI=1S/C14H20N4O3/c1-3-17(14(19)12-5-4-8-16(12)2)10-6-7-11(15)13(9-10)18(20)21/h6-7,9,12H,3-5,8,15H2,1-2H3/t12-/m0/s1. The SMILES string of the molecule is CCN(C(=O)[C@@H]1CCCN1C)c1ccc(N)c([N+](=O)[O-])c1. The minimum Gasteiger partial charge on any atom is -0.393 e. The van der Waals surface area contributed by atoms with E-state index in [0.29, 0.717) is 12.2 Å². The first-order valence-corrected chi connectivity index (χ1v) is 7.01. The summed E-state index contributed by atoms with van der Waals surface area (Å²) in [5, 5.41) is 11.0. The molecule has 0 bridgehead atoms. The van der Waals surface area contributed by atoms with Gasteiger partial charge in [0.25, 0.3) is 5.69 Å². The van der Waals surface area contributed by atoms with Crippen molar-refractivity contribution in [3.63, 3.8) is 0 Å². The molecule has 1 aliphatic heterocycles. The molecule has 114 valence electrons. The van der Waals surface area contributed by atoms with Gasteiger partial charge < -0.3 is 10.6 Å². The van der Waals surface area contributed by atoms with Gasteiger partial charge in [0.1, 0.15) is 5.69 Å². The Balaban J connectivity index is 2.31. The van der Waals surface area contributed by atoms with E-state index >= 15 is 0 Å². The van der Waals surface area contributed by atoms with E-state index in [1.165, 1.54) is 12.1 Å². The first-order valence-electron chi connectivity index (χ1n) is 7.01. The van der Waals surface area contributed by atoms with Crippen molar-refractivity contribution < 1.29 is 9.72 Å². The number of amides is 1. The van der Waals surface area contributed by atoms with Gasteiger partial charge in [-0.15, -0.1) is 0 Å². The number of nitrogen functional groups attached to an aromatic ring is 1. The molecule has 0 unspecified atom stereocenters. The summed E-state index contributed by atoms with van der Waals surface area (Å²) in [6, 6.07) is 4.34. The molecule has 7 nitrogen and oxygen atoms in total. The number of benzene rings is 1. The van der Waals surface area contributed by atoms with Crippen LogP contribution >= 0.6 is 0 Å². The molecule has 0 aliphatic carbocycles. The quantitative estimate of drug-likeness (QED) is 0.517. The summed E-state index contributed by atoms with van der Waals surface area (Å²) in [6.45, 7) is 3.22. The number of hydrogen-bond acceptors (Lipinski definition) is 5. The van der Waals surface area contributed by atoms with Crippen LogP contribution in [0.15, 0.2) is 18.2 Å². The molecular weight excluding hydrogens is 272 g/mol. The smallest absolute Gasteiger partial charge is 0.294 e. The Morgan fingerprint density at radius 1 is 1.57 bits per heavy atom. The fourth-order valence-electron chi connectivity index (χ4n) is 2.73. The number of likely N-dealkylation sites (N-methyl/N-ethyl adjacent to an activating group) is 2. The van der Waals surface area contributed by atoms with Gasteiger partial charge in [0, 0.05) is 12.6 Å². The summed E-state index contributed by atoms with van der Waals surface area (Å²) in [6.07, 6.45) is 1.81. The van der Waals surface area contributed by atoms with Crippen molar-refractivity contribution in [2.24, 2.45) is 0 Å². The van der Waals surface area contributed by atoms with E-state index in [-0.39, 0.29) is 23.3 Å². The normalized spacial score (nSPS) is 18.7. The minimum atomic E-state index is -0.529. The highest BCUT2D eigenvalue weighted by Gasteiger charge is 2.32. The summed E-state index contributed by atoms with van der Waals surface area (Å²) in [4.78, 5) is 26.7. The van der Waals surface area contributed by atoms with Crippen LogP contribution in [0.2, 0.25) is 0 Å². The molecule has 0 saturated carbocycles. The van der Waals surface area contributed by atoms with Crippen LogP contribution in [0.3, 0.4) is 0 Å². The number of anilines is 2. The third-order valence-electron chi connectivity index (χ3n) is 3.91. The van der Waals surface area contributed by atoms with Gasteiger partial charge in [0.2, 0.25) is 5.91 Å². The summed E-state index contributed by atoms with van der Waals surface area (Å²) in [5.41, 5.74) is 6.05. The minimum absolute atomic E-state index is 0.0171. The molecule has 21 heavy (non-hydrogen) atoms. The number of rotatable bonds is 4. The van der Waals surface area contributed by atoms with Gasteiger partial charge >= 0.3 is 0 Å². The Morgan fingerprint density at radius 2 is 2.29 bits per heavy atom. The van der Waals surface area contributed by atoms with Gasteiger partial charge in [-0.3, -0.25) is 19.8 Å². The van der Waals surface area contributed by atoms with Gasteiger partial charge in [-0.2, -0.15) is 0 Å². The molecule has 0 spiro atoms. The lowest BCUT2D eigenvalue weighted by molar-refractivity contribution is -0.383. The molecule has 1 aromatic rings. The Hall–Kier alpha value is -2.15. The molecule has 1 aromatic carbocycles. The van der Waals surface area contributed by atoms with Gasteiger partial charge in [0.05, 0.1) is 16.7 Å². The fourth-order valence-corrected chi connectivity index (χ4v) is 2.73. The molecule has 1 fully saturated rings. The predicted octanol–water partition coefficient (Wildman–Crippen LogP) is 1.62. The van der Waals surface area contributed by atoms with Crippen LogP contribution in [0, 0.1) is 10.1 Å². The lowest BCUT2D eigenvalue weighted by atomic mass is 10.1. The number of nitrogens with zero attached hydrogens (tertiary/aromatic N) is 3. The highest BCUT2D eigenvalue weighted by atomic mass is 16.6. The van der Waals surface area contributed by atoms with Crippen molar-refractivity contribution in [2.45, 2.75) is 25.8 Å². The average molecular weight is 292 g/mol. The van der Waals surface area contributed by atoms with Crippen LogP contribution < -0.4 is 10.6 Å². The first-order chi connectivity index (χ1) is 9.95. The predicted molar refractivity (Wildman–Crippen MR) is 81.2 cm³/mol. The third kappa shape index (κ3) is 2.97. The van der Waals surface area contributed by atoms with Crippen molar-refractivity contribution in [3.05, 3.63) is 28.3 Å². The third-order valence-corrected chi connectivity index (χ3v) is 3.91. The Labute approximate surface area is 123 Å². The number of likely N-dealkylation sites (tertiary alicyclic amines) is 1. The zero-order valence-corrected chi connectivity index (χ0v) is 12.3. The number of carbonyl (C=O) groups excluding carboxylic acids is 1. The van der Waals surface area contributed by atoms with E-state index in [1.807, 2.05) is 18.9 Å². The second-order valence-electron chi connectivity index (χ2n) is 5.22. The number of carbonyl (C=O) groups is 1. The molecule has 2 rings (SSSR count). The molecule has 1 amide bonds. The van der Waals surface area contributed by atoms with Gasteiger partial charge in [-0.1, -0.05) is 0 Å². The Bertz CT molecular complexity index is 561. The second kappa shape index (κ2) is 6.09. The molecule has 0 aromatic heterocycles. The zero-order chi connectivity index (χ0) is 15.6. The van der Waals surface area contributed by atoms with E-state index in [9.17, 15) is 14.9 Å². The van der Waals surface area contributed by atoms with Crippen LogP contribution in [0.4, 0.5) is 17.1 Å². The Kier molecular flexibility index (Phi) is 4.42. The van der Waals surface area contributed by atoms with Crippen molar-refractivity contribution in [1.82, 2.24) is 4.90 Å². The maximum atomic E-state index is 12.6. The number of hydrogen-bond donors (Lipinski definition) is 1. The molecular formula is C14H20N4O3. The number of nitro benzene ring substituents is 1. The maximum absolute atomic E-state index is 12.6. The topological polar surface area (TPSA) is 92.7 Å². The van der Waals surface area contributed by atoms with Crippen LogP contribution in [-0.4, -0.2) is 41.9 Å². The molecule has 1 saturated heterocycles. The molecule has 0 radical (unpaired) electrons. The van der Waals surface area contributed by atoms with Gasteiger partial charge in [0.15, 0.2) is 0 Å². The van der Waals surface area contributed by atoms with E-state index in [1.54, 1.807) is 11.0 Å². The lowest BCUT2D eigenvalue weighted by Gasteiger charge is -2.27. The Morgan fingerprint density at radius 3 is 2.81 bits per heavy atom. The second-order valence-corrected chi connectivity index (χ2v) is 5.22. The monoisotopic (exact) mass is 292 g/mol. The average Bonchev–Trinajstić information content (AvgIpc) is 2.87. The van der Waals surface area contributed by atoms with E-state index < -0.39 is 4.92 Å². The maximum Gasteiger partial charge on any atom is 0.294 e. The molecule has 7 heteroatoms. The van der Waals surface area contributed by atoms with E-state index in [0.717, 1.165) is 19.4 Å². The van der Waals surface area contributed by atoms with Crippen LogP contribution in [0.5, 0.6) is 0 Å².